The van der Waals surface area contributed by atoms with Crippen LogP contribution in [0.3, 0.4) is 0 Å². The molecule has 8 atom stereocenters. The second-order valence-electron chi connectivity index (χ2n) is 9.76. The molecule has 0 amide bonds. The predicted octanol–water partition coefficient (Wildman–Crippen LogP) is 3.77. The monoisotopic (exact) mass is 332 g/mol. The minimum Gasteiger partial charge on any atom is -0.393 e. The van der Waals surface area contributed by atoms with E-state index in [-0.39, 0.29) is 28.6 Å². The van der Waals surface area contributed by atoms with Crippen LogP contribution in [0.25, 0.3) is 0 Å². The molecular weight excluding hydrogens is 300 g/mol. The average molecular weight is 332 g/mol. The number of fused-ring (bicyclic) bond motifs is 5. The molecule has 0 bridgehead atoms. The van der Waals surface area contributed by atoms with E-state index in [4.69, 9.17) is 0 Å². The number of aliphatic hydroxyl groups excluding tert-OH is 1. The second kappa shape index (κ2) is 5.40. The summed E-state index contributed by atoms with van der Waals surface area (Å²) in [5, 5.41) is 11.1. The van der Waals surface area contributed by atoms with Crippen molar-refractivity contribution in [2.75, 3.05) is 0 Å². The van der Waals surface area contributed by atoms with Gasteiger partial charge in [-0.1, -0.05) is 13.8 Å². The van der Waals surface area contributed by atoms with Crippen molar-refractivity contribution in [1.29, 1.82) is 0 Å². The number of carbonyl (C=O) groups excluding carboxylic acids is 2. The van der Waals surface area contributed by atoms with E-state index in [2.05, 4.69) is 13.8 Å². The molecule has 4 rings (SSSR count). The molecule has 24 heavy (non-hydrogen) atoms. The standard InChI is InChI=1S/C21H32O3/c1-12(22)16-6-7-17-15-5-4-13-10-14(23)8-9-20(13,2)18(15)11-19(24)21(16,17)3/h13,15-19,24H,4-11H2,1-3H3/t13?,15-,16+,17-,18-,19?,20-,21+/m0/s1. The largest absolute Gasteiger partial charge is 0.393 e. The highest BCUT2D eigenvalue weighted by molar-refractivity contribution is 5.80. The van der Waals surface area contributed by atoms with Crippen LogP contribution in [0.5, 0.6) is 0 Å². The van der Waals surface area contributed by atoms with E-state index in [1.54, 1.807) is 6.92 Å². The van der Waals surface area contributed by atoms with Crippen LogP contribution < -0.4 is 0 Å². The predicted molar refractivity (Wildman–Crippen MR) is 92.3 cm³/mol. The highest BCUT2D eigenvalue weighted by atomic mass is 16.3. The Labute approximate surface area is 145 Å². The molecule has 0 aliphatic heterocycles. The van der Waals surface area contributed by atoms with Crippen LogP contribution in [0.2, 0.25) is 0 Å². The van der Waals surface area contributed by atoms with Crippen molar-refractivity contribution in [3.05, 3.63) is 0 Å². The molecule has 3 nitrogen and oxygen atoms in total. The molecule has 4 aliphatic carbocycles. The van der Waals surface area contributed by atoms with Crippen molar-refractivity contribution in [2.45, 2.75) is 78.2 Å². The van der Waals surface area contributed by atoms with Crippen molar-refractivity contribution in [1.82, 2.24) is 0 Å². The van der Waals surface area contributed by atoms with Gasteiger partial charge in [-0.2, -0.15) is 0 Å². The summed E-state index contributed by atoms with van der Waals surface area (Å²) in [5.41, 5.74) is -0.00582. The SMILES string of the molecule is CC(=O)[C@H]1CC[C@H]2[C@@H]3CCC4CC(=O)CC[C@]4(C)[C@H]3CC(O)[C@]12C. The third kappa shape index (κ3) is 2.06. The van der Waals surface area contributed by atoms with Crippen LogP contribution in [0.15, 0.2) is 0 Å². The van der Waals surface area contributed by atoms with Crippen molar-refractivity contribution in [3.8, 4) is 0 Å². The van der Waals surface area contributed by atoms with Crippen LogP contribution in [0.4, 0.5) is 0 Å². The summed E-state index contributed by atoms with van der Waals surface area (Å²) < 4.78 is 0. The molecule has 1 N–H and O–H groups in total. The Bertz CT molecular complexity index is 569. The van der Waals surface area contributed by atoms with Gasteiger partial charge in [0.25, 0.3) is 0 Å². The fraction of sp³-hybridized carbons (Fsp3) is 0.905. The molecule has 2 unspecified atom stereocenters. The number of ketones is 2. The summed E-state index contributed by atoms with van der Waals surface area (Å²) in [4.78, 5) is 24.1. The summed E-state index contributed by atoms with van der Waals surface area (Å²) in [5.74, 6) is 2.91. The molecule has 134 valence electrons. The smallest absolute Gasteiger partial charge is 0.133 e. The summed E-state index contributed by atoms with van der Waals surface area (Å²) in [6.45, 7) is 6.30. The van der Waals surface area contributed by atoms with E-state index in [1.165, 1.54) is 6.42 Å². The third-order valence-corrected chi connectivity index (χ3v) is 9.08. The van der Waals surface area contributed by atoms with Crippen LogP contribution in [0.1, 0.15) is 72.1 Å². The van der Waals surface area contributed by atoms with Crippen LogP contribution in [-0.4, -0.2) is 22.8 Å². The molecule has 4 saturated carbocycles. The normalized spacial score (nSPS) is 53.9. The molecule has 0 radical (unpaired) electrons. The number of rotatable bonds is 1. The first-order valence-electron chi connectivity index (χ1n) is 9.98. The van der Waals surface area contributed by atoms with Crippen molar-refractivity contribution >= 4 is 11.6 Å². The number of carbonyl (C=O) groups is 2. The van der Waals surface area contributed by atoms with E-state index in [9.17, 15) is 14.7 Å². The van der Waals surface area contributed by atoms with E-state index in [1.807, 2.05) is 0 Å². The highest BCUT2D eigenvalue weighted by Gasteiger charge is 2.63. The molecule has 4 fully saturated rings. The van der Waals surface area contributed by atoms with E-state index in [0.717, 1.165) is 44.9 Å². The maximum absolute atomic E-state index is 12.2. The Morgan fingerprint density at radius 2 is 1.88 bits per heavy atom. The Morgan fingerprint density at radius 3 is 2.58 bits per heavy atom. The van der Waals surface area contributed by atoms with Gasteiger partial charge in [0.2, 0.25) is 0 Å². The molecule has 4 aliphatic rings. The molecule has 0 saturated heterocycles. The second-order valence-corrected chi connectivity index (χ2v) is 9.76. The van der Waals surface area contributed by atoms with Crippen molar-refractivity contribution in [2.24, 2.45) is 40.4 Å². The lowest BCUT2D eigenvalue weighted by atomic mass is 9.44. The summed E-state index contributed by atoms with van der Waals surface area (Å²) in [6, 6.07) is 0. The van der Waals surface area contributed by atoms with Crippen molar-refractivity contribution in [3.63, 3.8) is 0 Å². The molecule has 0 aromatic rings. The van der Waals surface area contributed by atoms with Gasteiger partial charge in [0.05, 0.1) is 6.10 Å². The van der Waals surface area contributed by atoms with Crippen LogP contribution >= 0.6 is 0 Å². The Hall–Kier alpha value is -0.700. The molecule has 0 heterocycles. The van der Waals surface area contributed by atoms with Gasteiger partial charge in [-0.15, -0.1) is 0 Å². The lowest BCUT2D eigenvalue weighted by molar-refractivity contribution is -0.170. The van der Waals surface area contributed by atoms with Crippen LogP contribution in [0, 0.1) is 40.4 Å². The minimum absolute atomic E-state index is 0.0388. The molecule has 3 heteroatoms. The van der Waals surface area contributed by atoms with E-state index < -0.39 is 0 Å². The topological polar surface area (TPSA) is 54.4 Å². The van der Waals surface area contributed by atoms with Gasteiger partial charge >= 0.3 is 0 Å². The highest BCUT2D eigenvalue weighted by Crippen LogP contribution is 2.67. The van der Waals surface area contributed by atoms with Gasteiger partial charge in [0.15, 0.2) is 0 Å². The maximum atomic E-state index is 12.2. The summed E-state index contributed by atoms with van der Waals surface area (Å²) >= 11 is 0. The first-order valence-corrected chi connectivity index (χ1v) is 9.98. The Morgan fingerprint density at radius 1 is 1.12 bits per heavy atom. The van der Waals surface area contributed by atoms with E-state index >= 15 is 0 Å². The van der Waals surface area contributed by atoms with Gasteiger partial charge in [0, 0.05) is 24.2 Å². The maximum Gasteiger partial charge on any atom is 0.133 e. The van der Waals surface area contributed by atoms with Gasteiger partial charge in [-0.3, -0.25) is 9.59 Å². The number of Topliss-reactive ketones (excluding diaryl/α,β-unsaturated/α-hetero) is 2. The van der Waals surface area contributed by atoms with Gasteiger partial charge in [-0.05, 0) is 74.5 Å². The summed E-state index contributed by atoms with van der Waals surface area (Å²) in [6.07, 6.45) is 7.36. The third-order valence-electron chi connectivity index (χ3n) is 9.08. The van der Waals surface area contributed by atoms with Crippen LogP contribution in [-0.2, 0) is 9.59 Å². The quantitative estimate of drug-likeness (QED) is 0.795. The lowest BCUT2D eigenvalue weighted by Crippen LogP contribution is -2.58. The zero-order valence-electron chi connectivity index (χ0n) is 15.4. The molecule has 0 spiro atoms. The first kappa shape index (κ1) is 16.8. The Balaban J connectivity index is 1.67. The first-order chi connectivity index (χ1) is 11.3. The minimum atomic E-state index is -0.367. The zero-order valence-corrected chi connectivity index (χ0v) is 15.4. The number of aliphatic hydroxyl groups is 1. The molecular formula is C21H32O3. The van der Waals surface area contributed by atoms with Gasteiger partial charge in [-0.25, -0.2) is 0 Å². The zero-order chi connectivity index (χ0) is 17.3. The lowest BCUT2D eigenvalue weighted by Gasteiger charge is -2.61. The fourth-order valence-electron chi connectivity index (χ4n) is 7.67. The van der Waals surface area contributed by atoms with E-state index in [0.29, 0.717) is 29.5 Å². The number of hydrogen-bond donors (Lipinski definition) is 1. The average Bonchev–Trinajstić information content (AvgIpc) is 2.88. The Kier molecular flexibility index (Phi) is 3.77. The fourth-order valence-corrected chi connectivity index (χ4v) is 7.67. The van der Waals surface area contributed by atoms with Gasteiger partial charge < -0.3 is 5.11 Å². The number of hydrogen-bond acceptors (Lipinski definition) is 3. The van der Waals surface area contributed by atoms with Crippen molar-refractivity contribution < 1.29 is 14.7 Å². The van der Waals surface area contributed by atoms with Gasteiger partial charge in [0.1, 0.15) is 11.6 Å². The molecule has 0 aromatic heterocycles. The summed E-state index contributed by atoms with van der Waals surface area (Å²) in [7, 11) is 0. The molecule has 0 aromatic carbocycles.